The first kappa shape index (κ1) is 13.2. The molecule has 1 N–H and O–H groups in total. The van der Waals surface area contributed by atoms with Gasteiger partial charge in [-0.05, 0) is 61.3 Å². The van der Waals surface area contributed by atoms with Crippen molar-refractivity contribution in [1.82, 2.24) is 5.32 Å². The molecule has 0 radical (unpaired) electrons. The smallest absolute Gasteiger partial charge is 0.0322 e. The number of rotatable bonds is 6. The Morgan fingerprint density at radius 3 is 2.74 bits per heavy atom. The van der Waals surface area contributed by atoms with Crippen molar-refractivity contribution in [3.05, 3.63) is 34.9 Å². The van der Waals surface area contributed by atoms with Gasteiger partial charge in [-0.15, -0.1) is 0 Å². The van der Waals surface area contributed by atoms with Gasteiger partial charge in [0.1, 0.15) is 0 Å². The first-order chi connectivity index (χ1) is 9.36. The highest BCUT2D eigenvalue weighted by Crippen LogP contribution is 2.35. The quantitative estimate of drug-likeness (QED) is 0.796. The lowest BCUT2D eigenvalue weighted by molar-refractivity contribution is 0.261. The minimum atomic E-state index is 0.594. The number of aryl methyl sites for hydroxylation is 2. The van der Waals surface area contributed by atoms with Crippen LogP contribution in [-0.4, -0.2) is 6.54 Å². The van der Waals surface area contributed by atoms with E-state index in [4.69, 9.17) is 0 Å². The predicted octanol–water partition coefficient (Wildman–Crippen LogP) is 4.41. The average Bonchev–Trinajstić information content (AvgIpc) is 2.84. The summed E-state index contributed by atoms with van der Waals surface area (Å²) >= 11 is 0. The topological polar surface area (TPSA) is 12.0 Å². The molecule has 2 aliphatic carbocycles. The minimum Gasteiger partial charge on any atom is -0.310 e. The summed E-state index contributed by atoms with van der Waals surface area (Å²) in [6, 6.07) is 7.86. The third-order valence-electron chi connectivity index (χ3n) is 4.96. The van der Waals surface area contributed by atoms with Crippen LogP contribution in [0.1, 0.15) is 68.2 Å². The molecule has 1 unspecified atom stereocenters. The van der Waals surface area contributed by atoms with Crippen molar-refractivity contribution in [3.8, 4) is 0 Å². The summed E-state index contributed by atoms with van der Waals surface area (Å²) in [5, 5.41) is 3.78. The van der Waals surface area contributed by atoms with Crippen LogP contribution in [0.2, 0.25) is 0 Å². The van der Waals surface area contributed by atoms with Crippen molar-refractivity contribution in [2.24, 2.45) is 5.92 Å². The summed E-state index contributed by atoms with van der Waals surface area (Å²) in [5.74, 6) is 0.975. The number of fused-ring (bicyclic) bond motifs is 1. The summed E-state index contributed by atoms with van der Waals surface area (Å²) in [6.07, 6.45) is 10.9. The van der Waals surface area contributed by atoms with E-state index in [0.717, 1.165) is 12.5 Å². The largest absolute Gasteiger partial charge is 0.310 e. The second-order valence-corrected chi connectivity index (χ2v) is 6.42. The number of benzene rings is 1. The molecule has 0 aliphatic heterocycles. The normalized spacial score (nSPS) is 20.1. The van der Waals surface area contributed by atoms with E-state index < -0.39 is 0 Å². The molecule has 1 aromatic rings. The Morgan fingerprint density at radius 2 is 2.00 bits per heavy atom. The Hall–Kier alpha value is -0.820. The Bertz CT molecular complexity index is 420. The molecule has 3 rings (SSSR count). The van der Waals surface area contributed by atoms with E-state index in [9.17, 15) is 0 Å². The van der Waals surface area contributed by atoms with E-state index in [0.29, 0.717) is 6.04 Å². The number of hydrogen-bond acceptors (Lipinski definition) is 1. The molecule has 0 amide bonds. The van der Waals surface area contributed by atoms with E-state index >= 15 is 0 Å². The van der Waals surface area contributed by atoms with Crippen molar-refractivity contribution in [1.29, 1.82) is 0 Å². The highest BCUT2D eigenvalue weighted by Gasteiger charge is 2.23. The highest BCUT2D eigenvalue weighted by atomic mass is 14.9. The van der Waals surface area contributed by atoms with Gasteiger partial charge in [-0.3, -0.25) is 0 Å². The lowest BCUT2D eigenvalue weighted by Gasteiger charge is -2.30. The van der Waals surface area contributed by atoms with E-state index in [1.807, 2.05) is 0 Å². The van der Waals surface area contributed by atoms with Gasteiger partial charge in [0.15, 0.2) is 0 Å². The van der Waals surface area contributed by atoms with Gasteiger partial charge >= 0.3 is 0 Å². The summed E-state index contributed by atoms with van der Waals surface area (Å²) in [6.45, 7) is 3.41. The van der Waals surface area contributed by atoms with Crippen LogP contribution >= 0.6 is 0 Å². The van der Waals surface area contributed by atoms with E-state index in [1.54, 1.807) is 16.7 Å². The van der Waals surface area contributed by atoms with Crippen molar-refractivity contribution in [2.75, 3.05) is 6.54 Å². The third kappa shape index (κ3) is 3.02. The molecule has 0 spiro atoms. The minimum absolute atomic E-state index is 0.594. The Balaban J connectivity index is 1.73. The van der Waals surface area contributed by atoms with Gasteiger partial charge < -0.3 is 5.32 Å². The van der Waals surface area contributed by atoms with E-state index in [-0.39, 0.29) is 0 Å². The Kier molecular flexibility index (Phi) is 4.22. The molecule has 1 aromatic carbocycles. The van der Waals surface area contributed by atoms with Gasteiger partial charge in [0.25, 0.3) is 0 Å². The summed E-state index contributed by atoms with van der Waals surface area (Å²) < 4.78 is 0. The molecule has 1 atom stereocenters. The third-order valence-corrected chi connectivity index (χ3v) is 4.96. The number of hydrogen-bond donors (Lipinski definition) is 1. The molecule has 0 bridgehead atoms. The van der Waals surface area contributed by atoms with Gasteiger partial charge in [-0.1, -0.05) is 44.4 Å². The van der Waals surface area contributed by atoms with Gasteiger partial charge in [0, 0.05) is 6.04 Å². The average molecular weight is 257 g/mol. The molecule has 1 heteroatoms. The molecule has 1 nitrogen and oxygen atoms in total. The number of nitrogens with one attached hydrogen (secondary N) is 1. The zero-order valence-electron chi connectivity index (χ0n) is 12.3. The second kappa shape index (κ2) is 6.09. The molecule has 104 valence electrons. The van der Waals surface area contributed by atoms with Crippen LogP contribution < -0.4 is 5.32 Å². The van der Waals surface area contributed by atoms with Crippen LogP contribution in [0.4, 0.5) is 0 Å². The van der Waals surface area contributed by atoms with E-state index in [1.165, 1.54) is 51.4 Å². The maximum atomic E-state index is 3.78. The fourth-order valence-corrected chi connectivity index (χ4v) is 3.53. The molecular weight excluding hydrogens is 230 g/mol. The fraction of sp³-hybridized carbons (Fsp3) is 0.667. The van der Waals surface area contributed by atoms with Gasteiger partial charge in [0.2, 0.25) is 0 Å². The predicted molar refractivity (Wildman–Crippen MR) is 81.5 cm³/mol. The maximum absolute atomic E-state index is 3.78. The van der Waals surface area contributed by atoms with Crippen molar-refractivity contribution < 1.29 is 0 Å². The fourth-order valence-electron chi connectivity index (χ4n) is 3.53. The summed E-state index contributed by atoms with van der Waals surface area (Å²) in [7, 11) is 0. The van der Waals surface area contributed by atoms with Crippen LogP contribution in [0, 0.1) is 5.92 Å². The standard InChI is InChI=1S/C18H27N/c1-2-11-19-18(12-14-5-3-6-14)17-10-9-15-7-4-8-16(15)13-17/h9-10,13-14,18-19H,2-8,11-12H2,1H3. The summed E-state index contributed by atoms with van der Waals surface area (Å²) in [5.41, 5.74) is 4.76. The molecular formula is C18H27N. The summed E-state index contributed by atoms with van der Waals surface area (Å²) in [4.78, 5) is 0. The molecule has 0 heterocycles. The molecule has 1 saturated carbocycles. The Morgan fingerprint density at radius 1 is 1.16 bits per heavy atom. The van der Waals surface area contributed by atoms with Gasteiger partial charge in [-0.2, -0.15) is 0 Å². The molecule has 0 aromatic heterocycles. The van der Waals surface area contributed by atoms with Crippen LogP contribution in [0.5, 0.6) is 0 Å². The van der Waals surface area contributed by atoms with Crippen LogP contribution in [-0.2, 0) is 12.8 Å². The van der Waals surface area contributed by atoms with E-state index in [2.05, 4.69) is 30.4 Å². The highest BCUT2D eigenvalue weighted by molar-refractivity contribution is 5.36. The zero-order chi connectivity index (χ0) is 13.1. The van der Waals surface area contributed by atoms with Crippen LogP contribution in [0.25, 0.3) is 0 Å². The second-order valence-electron chi connectivity index (χ2n) is 6.42. The van der Waals surface area contributed by atoms with Crippen LogP contribution in [0.3, 0.4) is 0 Å². The molecule has 19 heavy (non-hydrogen) atoms. The SMILES string of the molecule is CCCNC(CC1CCC1)c1ccc2c(c1)CCC2. The van der Waals surface area contributed by atoms with Gasteiger partial charge in [-0.25, -0.2) is 0 Å². The first-order valence-electron chi connectivity index (χ1n) is 8.22. The van der Waals surface area contributed by atoms with Crippen LogP contribution in [0.15, 0.2) is 18.2 Å². The molecule has 0 saturated heterocycles. The zero-order valence-corrected chi connectivity index (χ0v) is 12.3. The van der Waals surface area contributed by atoms with Crippen molar-refractivity contribution in [3.63, 3.8) is 0 Å². The monoisotopic (exact) mass is 257 g/mol. The Labute approximate surface area is 117 Å². The maximum Gasteiger partial charge on any atom is 0.0322 e. The molecule has 1 fully saturated rings. The lowest BCUT2D eigenvalue weighted by Crippen LogP contribution is -2.26. The van der Waals surface area contributed by atoms with Crippen molar-refractivity contribution >= 4 is 0 Å². The molecule has 2 aliphatic rings. The van der Waals surface area contributed by atoms with Gasteiger partial charge in [0.05, 0.1) is 0 Å². The van der Waals surface area contributed by atoms with Crippen molar-refractivity contribution in [2.45, 2.75) is 64.3 Å². The first-order valence-corrected chi connectivity index (χ1v) is 8.22. The lowest BCUT2D eigenvalue weighted by atomic mass is 9.79.